The normalized spacial score (nSPS) is 14.0. The third kappa shape index (κ3) is 12.4. The SMILES string of the molecule is C[C@H](C[C@@H](NC(=O)[C@H](Cc1ccccc1)NC(=O)CNC(=O)CNC(=O)[C@@H](N)Cc1ccc(O)cc1)C(=O)O)C(F)(F)F. The topological polar surface area (TPSA) is 200 Å². The van der Waals surface area contributed by atoms with Crippen molar-refractivity contribution in [2.45, 2.75) is 50.5 Å². The van der Waals surface area contributed by atoms with E-state index < -0.39 is 79.3 Å². The number of phenols is 1. The summed E-state index contributed by atoms with van der Waals surface area (Å²) in [6.45, 7) is -0.346. The second-order valence-electron chi connectivity index (χ2n) is 9.86. The van der Waals surface area contributed by atoms with Crippen molar-refractivity contribution in [3.63, 3.8) is 0 Å². The van der Waals surface area contributed by atoms with Crippen molar-refractivity contribution in [3.05, 3.63) is 65.7 Å². The third-order valence-electron chi connectivity index (χ3n) is 6.29. The molecule has 0 aliphatic heterocycles. The molecule has 0 spiro atoms. The quantitative estimate of drug-likeness (QED) is 0.150. The lowest BCUT2D eigenvalue weighted by Gasteiger charge is -2.24. The number of nitrogens with one attached hydrogen (secondary N) is 4. The van der Waals surface area contributed by atoms with Crippen molar-refractivity contribution in [1.82, 2.24) is 21.3 Å². The van der Waals surface area contributed by atoms with Gasteiger partial charge in [-0.15, -0.1) is 0 Å². The van der Waals surface area contributed by atoms with E-state index in [1.807, 2.05) is 0 Å². The molecule has 0 radical (unpaired) electrons. The van der Waals surface area contributed by atoms with Crippen LogP contribution in [0.1, 0.15) is 24.5 Å². The van der Waals surface area contributed by atoms with E-state index in [0.717, 1.165) is 6.92 Å². The number of carboxylic acid groups (broad SMARTS) is 1. The number of carbonyl (C=O) groups is 5. The van der Waals surface area contributed by atoms with Crippen LogP contribution in [0.4, 0.5) is 13.2 Å². The van der Waals surface area contributed by atoms with Crippen molar-refractivity contribution in [3.8, 4) is 5.75 Å². The van der Waals surface area contributed by atoms with Crippen LogP contribution in [0.2, 0.25) is 0 Å². The Hall–Kier alpha value is -4.66. The molecular weight excluding hydrogens is 575 g/mol. The molecule has 2 aromatic carbocycles. The summed E-state index contributed by atoms with van der Waals surface area (Å²) in [7, 11) is 0. The van der Waals surface area contributed by atoms with E-state index in [1.165, 1.54) is 12.1 Å². The maximum absolute atomic E-state index is 13.0. The van der Waals surface area contributed by atoms with Gasteiger partial charge in [-0.25, -0.2) is 4.79 Å². The first-order valence-electron chi connectivity index (χ1n) is 13.2. The number of alkyl halides is 3. The number of aliphatic carboxylic acids is 1. The lowest BCUT2D eigenvalue weighted by atomic mass is 10.00. The molecule has 4 atom stereocenters. The summed E-state index contributed by atoms with van der Waals surface area (Å²) >= 11 is 0. The summed E-state index contributed by atoms with van der Waals surface area (Å²) in [6, 6.07) is 10.1. The number of carbonyl (C=O) groups excluding carboxylic acids is 4. The highest BCUT2D eigenvalue weighted by molar-refractivity contribution is 5.93. The van der Waals surface area contributed by atoms with Gasteiger partial charge in [0.05, 0.1) is 25.0 Å². The van der Waals surface area contributed by atoms with Gasteiger partial charge in [0.1, 0.15) is 17.8 Å². The standard InChI is InChI=1S/C28H34F3N5O7/c1-16(28(29,30)31)11-22(27(42)43)36-26(41)21(13-17-5-3-2-4-6-17)35-24(39)15-33-23(38)14-34-25(40)20(32)12-18-7-9-19(37)10-8-18/h2-10,16,20-22,37H,11-15,32H2,1H3,(H,33,38)(H,34,40)(H,35,39)(H,36,41)(H,42,43)/t16-,20+,21+,22-/m1/s1. The maximum Gasteiger partial charge on any atom is 0.391 e. The van der Waals surface area contributed by atoms with Crippen LogP contribution in [0.15, 0.2) is 54.6 Å². The molecule has 0 saturated carbocycles. The molecule has 43 heavy (non-hydrogen) atoms. The highest BCUT2D eigenvalue weighted by atomic mass is 19.4. The number of nitrogens with two attached hydrogens (primary N) is 1. The first kappa shape index (κ1) is 34.5. The average molecular weight is 610 g/mol. The molecular formula is C28H34F3N5O7. The highest BCUT2D eigenvalue weighted by Crippen LogP contribution is 2.29. The van der Waals surface area contributed by atoms with Crippen molar-refractivity contribution in [1.29, 1.82) is 0 Å². The van der Waals surface area contributed by atoms with Crippen LogP contribution in [0.25, 0.3) is 0 Å². The molecule has 15 heteroatoms. The van der Waals surface area contributed by atoms with E-state index in [2.05, 4.69) is 21.3 Å². The van der Waals surface area contributed by atoms with Crippen LogP contribution in [0.5, 0.6) is 5.75 Å². The van der Waals surface area contributed by atoms with Gasteiger partial charge in [-0.3, -0.25) is 19.2 Å². The van der Waals surface area contributed by atoms with Gasteiger partial charge in [-0.2, -0.15) is 13.2 Å². The molecule has 234 valence electrons. The minimum atomic E-state index is -4.68. The molecule has 0 bridgehead atoms. The molecule has 0 aliphatic carbocycles. The lowest BCUT2D eigenvalue weighted by molar-refractivity contribution is -0.175. The molecule has 0 fully saturated rings. The fourth-order valence-corrected chi connectivity index (χ4v) is 3.80. The molecule has 0 unspecified atom stereocenters. The van der Waals surface area contributed by atoms with E-state index in [9.17, 15) is 47.4 Å². The Bertz CT molecular complexity index is 1260. The second-order valence-corrected chi connectivity index (χ2v) is 9.86. The molecule has 0 heterocycles. The number of halogens is 3. The molecule has 2 aromatic rings. The zero-order valence-corrected chi connectivity index (χ0v) is 23.2. The number of carboxylic acids is 1. The van der Waals surface area contributed by atoms with Crippen molar-refractivity contribution >= 4 is 29.6 Å². The first-order valence-corrected chi connectivity index (χ1v) is 13.2. The summed E-state index contributed by atoms with van der Waals surface area (Å²) in [5.74, 6) is -6.91. The van der Waals surface area contributed by atoms with E-state index in [4.69, 9.17) is 5.73 Å². The van der Waals surface area contributed by atoms with Gasteiger partial charge in [0.2, 0.25) is 23.6 Å². The highest BCUT2D eigenvalue weighted by Gasteiger charge is 2.39. The lowest BCUT2D eigenvalue weighted by Crippen LogP contribution is -2.54. The number of hydrogen-bond donors (Lipinski definition) is 7. The van der Waals surface area contributed by atoms with Gasteiger partial charge >= 0.3 is 12.1 Å². The Kier molecular flexibility index (Phi) is 12.9. The van der Waals surface area contributed by atoms with E-state index in [-0.39, 0.29) is 18.6 Å². The minimum absolute atomic E-state index is 0.0505. The Morgan fingerprint density at radius 2 is 1.37 bits per heavy atom. The fraction of sp³-hybridized carbons (Fsp3) is 0.393. The Morgan fingerprint density at radius 3 is 1.95 bits per heavy atom. The van der Waals surface area contributed by atoms with Gasteiger partial charge in [0, 0.05) is 6.42 Å². The third-order valence-corrected chi connectivity index (χ3v) is 6.29. The minimum Gasteiger partial charge on any atom is -0.508 e. The predicted octanol–water partition coefficient (Wildman–Crippen LogP) is 0.380. The predicted molar refractivity (Wildman–Crippen MR) is 147 cm³/mol. The Morgan fingerprint density at radius 1 is 0.791 bits per heavy atom. The van der Waals surface area contributed by atoms with Gasteiger partial charge in [0.15, 0.2) is 0 Å². The Balaban J connectivity index is 1.93. The summed E-state index contributed by atoms with van der Waals surface area (Å²) in [5, 5.41) is 27.7. The molecule has 2 rings (SSSR count). The number of hydrogen-bond acceptors (Lipinski definition) is 7. The molecule has 0 aliphatic rings. The van der Waals surface area contributed by atoms with Gasteiger partial charge in [0.25, 0.3) is 0 Å². The summed E-state index contributed by atoms with van der Waals surface area (Å²) in [4.78, 5) is 61.4. The van der Waals surface area contributed by atoms with Gasteiger partial charge < -0.3 is 37.2 Å². The van der Waals surface area contributed by atoms with E-state index in [1.54, 1.807) is 42.5 Å². The zero-order valence-electron chi connectivity index (χ0n) is 23.2. The van der Waals surface area contributed by atoms with Crippen LogP contribution in [0, 0.1) is 5.92 Å². The molecule has 0 saturated heterocycles. The van der Waals surface area contributed by atoms with Crippen LogP contribution in [-0.2, 0) is 36.8 Å². The van der Waals surface area contributed by atoms with Crippen molar-refractivity contribution in [2.75, 3.05) is 13.1 Å². The monoisotopic (exact) mass is 609 g/mol. The van der Waals surface area contributed by atoms with Crippen LogP contribution < -0.4 is 27.0 Å². The number of benzene rings is 2. The maximum atomic E-state index is 13.0. The number of aromatic hydroxyl groups is 1. The second kappa shape index (κ2) is 16.1. The van der Waals surface area contributed by atoms with Gasteiger partial charge in [-0.1, -0.05) is 49.4 Å². The van der Waals surface area contributed by atoms with Gasteiger partial charge in [-0.05, 0) is 36.1 Å². The first-order chi connectivity index (χ1) is 20.1. The smallest absolute Gasteiger partial charge is 0.391 e. The van der Waals surface area contributed by atoms with Crippen LogP contribution >= 0.6 is 0 Å². The summed E-state index contributed by atoms with van der Waals surface area (Å²) in [6.07, 6.45) is -5.58. The fourth-order valence-electron chi connectivity index (χ4n) is 3.80. The largest absolute Gasteiger partial charge is 0.508 e. The van der Waals surface area contributed by atoms with Crippen molar-refractivity contribution < 1.29 is 47.4 Å². The number of amides is 4. The summed E-state index contributed by atoms with van der Waals surface area (Å²) < 4.78 is 39.0. The molecule has 8 N–H and O–H groups in total. The summed E-state index contributed by atoms with van der Waals surface area (Å²) in [5.41, 5.74) is 7.09. The number of phenolic OH excluding ortho intramolecular Hbond substituents is 1. The van der Waals surface area contributed by atoms with Crippen molar-refractivity contribution in [2.24, 2.45) is 11.7 Å². The van der Waals surface area contributed by atoms with E-state index >= 15 is 0 Å². The Labute approximate surface area is 245 Å². The van der Waals surface area contributed by atoms with E-state index in [0.29, 0.717) is 11.1 Å². The average Bonchev–Trinajstić information content (AvgIpc) is 2.95. The van der Waals surface area contributed by atoms with Crippen LogP contribution in [0.3, 0.4) is 0 Å². The molecule has 0 aromatic heterocycles. The van der Waals surface area contributed by atoms with Crippen LogP contribution in [-0.4, -0.2) is 77.2 Å². The molecule has 4 amide bonds. The number of rotatable bonds is 15. The zero-order chi connectivity index (χ0) is 32.2. The molecule has 12 nitrogen and oxygen atoms in total.